The van der Waals surface area contributed by atoms with Crippen LogP contribution in [0.1, 0.15) is 29.4 Å². The number of aryl methyl sites for hydroxylation is 1. The number of hydrogen-bond donors (Lipinski definition) is 0. The van der Waals surface area contributed by atoms with Gasteiger partial charge in [-0.15, -0.1) is 0 Å². The summed E-state index contributed by atoms with van der Waals surface area (Å²) in [6.45, 7) is 4.75. The van der Waals surface area contributed by atoms with E-state index < -0.39 is 0 Å². The van der Waals surface area contributed by atoms with Gasteiger partial charge in [-0.2, -0.15) is 0 Å². The molecule has 18 heavy (non-hydrogen) atoms. The van der Waals surface area contributed by atoms with Crippen molar-refractivity contribution in [2.75, 3.05) is 13.2 Å². The van der Waals surface area contributed by atoms with Gasteiger partial charge in [0.2, 0.25) is 0 Å². The molecule has 1 heterocycles. The maximum atomic E-state index is 11.9. The van der Waals surface area contributed by atoms with Crippen LogP contribution in [0, 0.1) is 6.92 Å². The molecule has 0 fully saturated rings. The molecule has 0 aliphatic rings. The minimum atomic E-state index is 0.0194. The van der Waals surface area contributed by atoms with Crippen molar-refractivity contribution < 1.29 is 9.53 Å². The third-order valence-electron chi connectivity index (χ3n) is 2.73. The van der Waals surface area contributed by atoms with Gasteiger partial charge in [0.25, 0.3) is 0 Å². The minimum absolute atomic E-state index is 0.0194. The van der Waals surface area contributed by atoms with Crippen molar-refractivity contribution in [1.29, 1.82) is 0 Å². The topological polar surface area (TPSA) is 39.2 Å². The third kappa shape index (κ3) is 2.93. The Bertz CT molecular complexity index is 563. The molecule has 0 saturated carbocycles. The summed E-state index contributed by atoms with van der Waals surface area (Å²) in [5.41, 5.74) is 2.58. The zero-order valence-corrected chi connectivity index (χ0v) is 10.8. The molecule has 0 saturated heterocycles. The lowest BCUT2D eigenvalue weighted by Gasteiger charge is -2.04. The molecule has 0 aliphatic carbocycles. The Morgan fingerprint density at radius 3 is 2.89 bits per heavy atom. The van der Waals surface area contributed by atoms with E-state index in [-0.39, 0.29) is 12.4 Å². The summed E-state index contributed by atoms with van der Waals surface area (Å²) in [6.07, 6.45) is 0.925. The van der Waals surface area contributed by atoms with Crippen LogP contribution in [0.15, 0.2) is 30.3 Å². The lowest BCUT2D eigenvalue weighted by molar-refractivity contribution is 0.0761. The number of nitrogens with zero attached hydrogens (tertiary/aromatic N) is 1. The van der Waals surface area contributed by atoms with E-state index in [4.69, 9.17) is 4.74 Å². The van der Waals surface area contributed by atoms with Crippen molar-refractivity contribution in [1.82, 2.24) is 4.98 Å². The van der Waals surface area contributed by atoms with Crippen molar-refractivity contribution >= 4 is 16.7 Å². The predicted molar refractivity (Wildman–Crippen MR) is 71.9 cm³/mol. The van der Waals surface area contributed by atoms with Crippen molar-refractivity contribution in [2.24, 2.45) is 0 Å². The lowest BCUT2D eigenvalue weighted by atomic mass is 10.1. The fraction of sp³-hybridized carbons (Fsp3) is 0.333. The molecule has 1 aromatic carbocycles. The molecule has 0 radical (unpaired) electrons. The van der Waals surface area contributed by atoms with Crippen molar-refractivity contribution in [3.8, 4) is 0 Å². The molecule has 3 nitrogen and oxygen atoms in total. The van der Waals surface area contributed by atoms with Crippen molar-refractivity contribution in [2.45, 2.75) is 20.3 Å². The molecular formula is C15H17NO2. The number of rotatable bonds is 5. The van der Waals surface area contributed by atoms with Gasteiger partial charge < -0.3 is 4.74 Å². The van der Waals surface area contributed by atoms with E-state index in [1.807, 2.05) is 44.2 Å². The van der Waals surface area contributed by atoms with Gasteiger partial charge in [-0.25, -0.2) is 0 Å². The highest BCUT2D eigenvalue weighted by Gasteiger charge is 2.07. The molecule has 0 amide bonds. The minimum Gasteiger partial charge on any atom is -0.373 e. The summed E-state index contributed by atoms with van der Waals surface area (Å²) < 4.78 is 5.27. The first-order valence-electron chi connectivity index (χ1n) is 6.19. The normalized spacial score (nSPS) is 10.8. The molecule has 2 rings (SSSR count). The number of fused-ring (bicyclic) bond motifs is 1. The first-order valence-corrected chi connectivity index (χ1v) is 6.19. The number of carbonyl (C=O) groups excluding carboxylic acids is 1. The van der Waals surface area contributed by atoms with Crippen molar-refractivity contribution in [3.63, 3.8) is 0 Å². The van der Waals surface area contributed by atoms with Crippen LogP contribution in [0.2, 0.25) is 0 Å². The van der Waals surface area contributed by atoms with Crippen molar-refractivity contribution in [3.05, 3.63) is 41.6 Å². The van der Waals surface area contributed by atoms with Gasteiger partial charge >= 0.3 is 0 Å². The van der Waals surface area contributed by atoms with Gasteiger partial charge in [0.15, 0.2) is 5.78 Å². The fourth-order valence-electron chi connectivity index (χ4n) is 1.79. The number of aromatic nitrogens is 1. The molecular weight excluding hydrogens is 226 g/mol. The van der Waals surface area contributed by atoms with Gasteiger partial charge in [-0.05, 0) is 37.6 Å². The molecule has 0 N–H and O–H groups in total. The summed E-state index contributed by atoms with van der Waals surface area (Å²) in [6, 6.07) is 9.51. The third-order valence-corrected chi connectivity index (χ3v) is 2.73. The fourth-order valence-corrected chi connectivity index (χ4v) is 1.79. The lowest BCUT2D eigenvalue weighted by Crippen LogP contribution is -2.09. The van der Waals surface area contributed by atoms with Crippen LogP contribution in [0.3, 0.4) is 0 Å². The Hall–Kier alpha value is -1.74. The van der Waals surface area contributed by atoms with E-state index in [2.05, 4.69) is 4.98 Å². The van der Waals surface area contributed by atoms with Crippen LogP contribution in [-0.4, -0.2) is 24.0 Å². The Balaban J connectivity index is 2.19. The number of ketones is 1. The highest BCUT2D eigenvalue weighted by Crippen LogP contribution is 2.15. The molecule has 0 spiro atoms. The summed E-state index contributed by atoms with van der Waals surface area (Å²) >= 11 is 0. The van der Waals surface area contributed by atoms with E-state index in [9.17, 15) is 4.79 Å². The number of hydrogen-bond acceptors (Lipinski definition) is 3. The molecule has 2 aromatic rings. The van der Waals surface area contributed by atoms with E-state index in [1.165, 1.54) is 0 Å². The van der Waals surface area contributed by atoms with Gasteiger partial charge in [0, 0.05) is 23.3 Å². The van der Waals surface area contributed by atoms with Gasteiger partial charge in [-0.1, -0.05) is 13.0 Å². The summed E-state index contributed by atoms with van der Waals surface area (Å²) in [4.78, 5) is 16.3. The van der Waals surface area contributed by atoms with Gasteiger partial charge in [0.05, 0.1) is 5.52 Å². The number of carbonyl (C=O) groups is 1. The van der Waals surface area contributed by atoms with Crippen LogP contribution in [0.5, 0.6) is 0 Å². The molecule has 94 valence electrons. The Labute approximate surface area is 107 Å². The van der Waals surface area contributed by atoms with E-state index in [0.717, 1.165) is 23.0 Å². The standard InChI is InChI=1S/C15H17NO2/c1-3-8-18-10-15(17)13-6-7-14-12(9-13)5-4-11(2)16-14/h4-7,9H,3,8,10H2,1-2H3. The molecule has 1 aromatic heterocycles. The quantitative estimate of drug-likeness (QED) is 0.598. The second-order valence-electron chi connectivity index (χ2n) is 4.34. The average Bonchev–Trinajstić information content (AvgIpc) is 2.38. The van der Waals surface area contributed by atoms with E-state index >= 15 is 0 Å². The second-order valence-corrected chi connectivity index (χ2v) is 4.34. The second kappa shape index (κ2) is 5.74. The van der Waals surface area contributed by atoms with Crippen LogP contribution in [0.4, 0.5) is 0 Å². The number of Topliss-reactive ketones (excluding diaryl/α,β-unsaturated/α-hetero) is 1. The van der Waals surface area contributed by atoms with Crippen LogP contribution >= 0.6 is 0 Å². The van der Waals surface area contributed by atoms with Crippen LogP contribution in [-0.2, 0) is 4.74 Å². The highest BCUT2D eigenvalue weighted by atomic mass is 16.5. The summed E-state index contributed by atoms with van der Waals surface area (Å²) in [5, 5.41) is 0.988. The number of ether oxygens (including phenoxy) is 1. The van der Waals surface area contributed by atoms with Crippen LogP contribution < -0.4 is 0 Å². The Morgan fingerprint density at radius 1 is 1.28 bits per heavy atom. The maximum Gasteiger partial charge on any atom is 0.188 e. The molecule has 0 atom stereocenters. The monoisotopic (exact) mass is 243 g/mol. The smallest absolute Gasteiger partial charge is 0.188 e. The van der Waals surface area contributed by atoms with E-state index in [1.54, 1.807) is 0 Å². The molecule has 0 bridgehead atoms. The average molecular weight is 243 g/mol. The SMILES string of the molecule is CCCOCC(=O)c1ccc2nc(C)ccc2c1. The van der Waals surface area contributed by atoms with E-state index in [0.29, 0.717) is 12.2 Å². The predicted octanol–water partition coefficient (Wildman–Crippen LogP) is 3.15. The summed E-state index contributed by atoms with van der Waals surface area (Å²) in [7, 11) is 0. The Morgan fingerprint density at radius 2 is 2.11 bits per heavy atom. The number of benzene rings is 1. The molecule has 3 heteroatoms. The molecule has 0 unspecified atom stereocenters. The van der Waals surface area contributed by atoms with Crippen LogP contribution in [0.25, 0.3) is 10.9 Å². The first-order chi connectivity index (χ1) is 8.70. The largest absolute Gasteiger partial charge is 0.373 e. The first kappa shape index (κ1) is 12.7. The highest BCUT2D eigenvalue weighted by molar-refractivity contribution is 6.00. The zero-order chi connectivity index (χ0) is 13.0. The molecule has 0 aliphatic heterocycles. The number of pyridine rings is 1. The zero-order valence-electron chi connectivity index (χ0n) is 10.8. The maximum absolute atomic E-state index is 11.9. The van der Waals surface area contributed by atoms with Gasteiger partial charge in [0.1, 0.15) is 6.61 Å². The summed E-state index contributed by atoms with van der Waals surface area (Å²) in [5.74, 6) is 0.0194. The Kier molecular flexibility index (Phi) is 4.05. The van der Waals surface area contributed by atoms with Gasteiger partial charge in [-0.3, -0.25) is 9.78 Å².